The van der Waals surface area contributed by atoms with Crippen molar-refractivity contribution in [3.05, 3.63) is 58.3 Å². The number of carboxylic acids is 1. The highest BCUT2D eigenvalue weighted by atomic mass is 32.1. The van der Waals surface area contributed by atoms with Gasteiger partial charge in [0, 0.05) is 21.3 Å². The van der Waals surface area contributed by atoms with E-state index in [0.717, 1.165) is 15.6 Å². The number of carbonyl (C=O) groups is 2. The van der Waals surface area contributed by atoms with E-state index in [1.807, 2.05) is 37.3 Å². The van der Waals surface area contributed by atoms with Gasteiger partial charge < -0.3 is 15.2 Å². The number of anilines is 1. The minimum Gasteiger partial charge on any atom is -0.481 e. The van der Waals surface area contributed by atoms with Crippen molar-refractivity contribution in [2.75, 3.05) is 11.9 Å². The molecule has 3 aromatic rings. The third-order valence-corrected chi connectivity index (χ3v) is 4.45. The van der Waals surface area contributed by atoms with Gasteiger partial charge in [0.05, 0.1) is 4.88 Å². The standard InChI is InChI=1S/C18H15NO4S/c1-11-6-9-16(24-11)18(22)19-14-7-8-15(23-10-17(20)21)13-5-3-2-4-12(13)14/h2-9H,10H2,1H3,(H,19,22)(H,20,21). The molecule has 0 spiro atoms. The van der Waals surface area contributed by atoms with Crippen LogP contribution in [-0.2, 0) is 4.79 Å². The Kier molecular flexibility index (Phi) is 4.48. The van der Waals surface area contributed by atoms with E-state index in [1.54, 1.807) is 18.2 Å². The number of rotatable bonds is 5. The minimum atomic E-state index is -1.04. The quantitative estimate of drug-likeness (QED) is 0.737. The van der Waals surface area contributed by atoms with E-state index >= 15 is 0 Å². The van der Waals surface area contributed by atoms with Crippen LogP contribution in [0.4, 0.5) is 5.69 Å². The summed E-state index contributed by atoms with van der Waals surface area (Å²) >= 11 is 1.43. The lowest BCUT2D eigenvalue weighted by molar-refractivity contribution is -0.139. The minimum absolute atomic E-state index is 0.169. The molecule has 0 fully saturated rings. The van der Waals surface area contributed by atoms with E-state index in [0.29, 0.717) is 16.3 Å². The number of aliphatic carboxylic acids is 1. The van der Waals surface area contributed by atoms with Crippen LogP contribution < -0.4 is 10.1 Å². The lowest BCUT2D eigenvalue weighted by atomic mass is 10.1. The second kappa shape index (κ2) is 6.72. The van der Waals surface area contributed by atoms with Crippen LogP contribution in [0.1, 0.15) is 14.5 Å². The second-order valence-electron chi connectivity index (χ2n) is 5.20. The van der Waals surface area contributed by atoms with Crippen LogP contribution in [-0.4, -0.2) is 23.6 Å². The topological polar surface area (TPSA) is 75.6 Å². The van der Waals surface area contributed by atoms with Gasteiger partial charge in [0.25, 0.3) is 5.91 Å². The number of amides is 1. The summed E-state index contributed by atoms with van der Waals surface area (Å²) in [4.78, 5) is 24.8. The molecule has 6 heteroatoms. The summed E-state index contributed by atoms with van der Waals surface area (Å²) in [5, 5.41) is 13.2. The molecule has 24 heavy (non-hydrogen) atoms. The zero-order valence-electron chi connectivity index (χ0n) is 12.9. The van der Waals surface area contributed by atoms with Crippen molar-refractivity contribution in [1.29, 1.82) is 0 Å². The van der Waals surface area contributed by atoms with Gasteiger partial charge in [-0.05, 0) is 31.2 Å². The van der Waals surface area contributed by atoms with Crippen molar-refractivity contribution in [3.8, 4) is 5.75 Å². The molecule has 1 heterocycles. The van der Waals surface area contributed by atoms with Gasteiger partial charge in [-0.1, -0.05) is 24.3 Å². The number of benzene rings is 2. The molecule has 0 saturated heterocycles. The van der Waals surface area contributed by atoms with E-state index in [1.165, 1.54) is 11.3 Å². The molecule has 3 rings (SSSR count). The molecular formula is C18H15NO4S. The summed E-state index contributed by atoms with van der Waals surface area (Å²) in [6.07, 6.45) is 0. The average molecular weight is 341 g/mol. The number of carbonyl (C=O) groups excluding carboxylic acids is 1. The van der Waals surface area contributed by atoms with Crippen LogP contribution >= 0.6 is 11.3 Å². The maximum atomic E-state index is 12.4. The Balaban J connectivity index is 1.93. The van der Waals surface area contributed by atoms with E-state index in [4.69, 9.17) is 9.84 Å². The average Bonchev–Trinajstić information content (AvgIpc) is 3.00. The SMILES string of the molecule is Cc1ccc(C(=O)Nc2ccc(OCC(=O)O)c3ccccc23)s1. The molecule has 0 atom stereocenters. The van der Waals surface area contributed by atoms with Crippen LogP contribution in [0.2, 0.25) is 0 Å². The Morgan fingerprint density at radius 2 is 1.83 bits per heavy atom. The van der Waals surface area contributed by atoms with Crippen LogP contribution in [0.5, 0.6) is 5.75 Å². The summed E-state index contributed by atoms with van der Waals surface area (Å²) in [7, 11) is 0. The first-order chi connectivity index (χ1) is 11.5. The first-order valence-electron chi connectivity index (χ1n) is 7.29. The molecule has 0 aliphatic heterocycles. The van der Waals surface area contributed by atoms with Gasteiger partial charge in [0.2, 0.25) is 0 Å². The highest BCUT2D eigenvalue weighted by Gasteiger charge is 2.12. The first-order valence-corrected chi connectivity index (χ1v) is 8.10. The number of ether oxygens (including phenoxy) is 1. The third-order valence-electron chi connectivity index (χ3n) is 3.45. The fourth-order valence-corrected chi connectivity index (χ4v) is 3.15. The summed E-state index contributed by atoms with van der Waals surface area (Å²) in [5.41, 5.74) is 0.657. The van der Waals surface area contributed by atoms with Crippen molar-refractivity contribution in [2.45, 2.75) is 6.92 Å². The number of nitrogens with one attached hydrogen (secondary N) is 1. The third kappa shape index (κ3) is 3.38. The molecule has 5 nitrogen and oxygen atoms in total. The van der Waals surface area contributed by atoms with Crippen molar-refractivity contribution >= 4 is 39.7 Å². The number of carboxylic acid groups (broad SMARTS) is 1. The van der Waals surface area contributed by atoms with Gasteiger partial charge in [0.15, 0.2) is 6.61 Å². The molecule has 2 aromatic carbocycles. The summed E-state index contributed by atoms with van der Waals surface area (Å²) in [6, 6.07) is 14.5. The number of hydrogen-bond acceptors (Lipinski definition) is 4. The highest BCUT2D eigenvalue weighted by molar-refractivity contribution is 7.14. The molecule has 0 unspecified atom stereocenters. The molecular weight excluding hydrogens is 326 g/mol. The molecule has 0 aliphatic rings. The van der Waals surface area contributed by atoms with Crippen LogP contribution in [0.3, 0.4) is 0 Å². The molecule has 122 valence electrons. The fourth-order valence-electron chi connectivity index (χ4n) is 2.39. The molecule has 1 amide bonds. The first kappa shape index (κ1) is 16.0. The Morgan fingerprint density at radius 3 is 2.50 bits per heavy atom. The number of hydrogen-bond donors (Lipinski definition) is 2. The fraction of sp³-hybridized carbons (Fsp3) is 0.111. The number of thiophene rings is 1. The predicted octanol–water partition coefficient (Wildman–Crippen LogP) is 3.93. The zero-order chi connectivity index (χ0) is 17.1. The van der Waals surface area contributed by atoms with Crippen LogP contribution in [0.25, 0.3) is 10.8 Å². The van der Waals surface area contributed by atoms with Crippen LogP contribution in [0, 0.1) is 6.92 Å². The van der Waals surface area contributed by atoms with Gasteiger partial charge in [-0.25, -0.2) is 4.79 Å². The zero-order valence-corrected chi connectivity index (χ0v) is 13.7. The van der Waals surface area contributed by atoms with Gasteiger partial charge in [-0.15, -0.1) is 11.3 Å². The Morgan fingerprint density at radius 1 is 1.08 bits per heavy atom. The molecule has 2 N–H and O–H groups in total. The van der Waals surface area contributed by atoms with Crippen molar-refractivity contribution in [2.24, 2.45) is 0 Å². The van der Waals surface area contributed by atoms with Gasteiger partial charge in [0.1, 0.15) is 5.75 Å². The van der Waals surface area contributed by atoms with E-state index < -0.39 is 12.6 Å². The maximum absolute atomic E-state index is 12.4. The smallest absolute Gasteiger partial charge is 0.341 e. The molecule has 0 saturated carbocycles. The van der Waals surface area contributed by atoms with Crippen molar-refractivity contribution < 1.29 is 19.4 Å². The van der Waals surface area contributed by atoms with Gasteiger partial charge in [-0.3, -0.25) is 4.79 Å². The van der Waals surface area contributed by atoms with E-state index in [-0.39, 0.29) is 5.91 Å². The molecule has 0 bridgehead atoms. The normalized spacial score (nSPS) is 10.5. The van der Waals surface area contributed by atoms with Gasteiger partial charge in [-0.2, -0.15) is 0 Å². The summed E-state index contributed by atoms with van der Waals surface area (Å²) in [5.74, 6) is -0.736. The lowest BCUT2D eigenvalue weighted by Gasteiger charge is -2.12. The highest BCUT2D eigenvalue weighted by Crippen LogP contribution is 2.32. The Bertz CT molecular complexity index is 916. The molecule has 0 radical (unpaired) electrons. The number of aryl methyl sites for hydroxylation is 1. The lowest BCUT2D eigenvalue weighted by Crippen LogP contribution is -2.11. The maximum Gasteiger partial charge on any atom is 0.341 e. The second-order valence-corrected chi connectivity index (χ2v) is 6.49. The van der Waals surface area contributed by atoms with Crippen molar-refractivity contribution in [3.63, 3.8) is 0 Å². The summed E-state index contributed by atoms with van der Waals surface area (Å²) < 4.78 is 5.32. The van der Waals surface area contributed by atoms with Gasteiger partial charge >= 0.3 is 5.97 Å². The Labute approximate surface area is 142 Å². The van der Waals surface area contributed by atoms with E-state index in [9.17, 15) is 9.59 Å². The molecule has 0 aliphatic carbocycles. The van der Waals surface area contributed by atoms with Crippen LogP contribution in [0.15, 0.2) is 48.5 Å². The summed E-state index contributed by atoms with van der Waals surface area (Å²) in [6.45, 7) is 1.54. The van der Waals surface area contributed by atoms with Crippen molar-refractivity contribution in [1.82, 2.24) is 0 Å². The monoisotopic (exact) mass is 341 g/mol. The Hall–Kier alpha value is -2.86. The van der Waals surface area contributed by atoms with E-state index in [2.05, 4.69) is 5.32 Å². The largest absolute Gasteiger partial charge is 0.481 e. The predicted molar refractivity (Wildman–Crippen MR) is 94.1 cm³/mol. The number of fused-ring (bicyclic) bond motifs is 1. The molecule has 1 aromatic heterocycles.